The predicted octanol–water partition coefficient (Wildman–Crippen LogP) is 1.50. The molecule has 0 atom stereocenters. The van der Waals surface area contributed by atoms with Gasteiger partial charge in [-0.15, -0.1) is 0 Å². The number of nitrogens with one attached hydrogen (secondary N) is 1. The van der Waals surface area contributed by atoms with Crippen molar-refractivity contribution in [1.82, 2.24) is 20.1 Å². The molecule has 3 rings (SSSR count). The molecule has 0 radical (unpaired) electrons. The number of ether oxygens (including phenoxy) is 1. The zero-order valence-corrected chi connectivity index (χ0v) is 14.0. The van der Waals surface area contributed by atoms with Crippen molar-refractivity contribution in [2.45, 2.75) is 6.54 Å². The second-order valence-corrected chi connectivity index (χ2v) is 5.47. The van der Waals surface area contributed by atoms with Gasteiger partial charge in [0.05, 0.1) is 12.2 Å². The van der Waals surface area contributed by atoms with Crippen molar-refractivity contribution in [1.29, 1.82) is 0 Å². The molecule has 2 aromatic heterocycles. The van der Waals surface area contributed by atoms with Gasteiger partial charge in [0.25, 0.3) is 5.56 Å². The molecule has 1 amide bonds. The molecule has 26 heavy (non-hydrogen) atoms. The number of pyridine rings is 1. The maximum absolute atomic E-state index is 12.0. The fourth-order valence-electron chi connectivity index (χ4n) is 2.30. The Labute approximate surface area is 150 Å². The summed E-state index contributed by atoms with van der Waals surface area (Å²) in [6.07, 6.45) is 3.31. The van der Waals surface area contributed by atoms with Crippen molar-refractivity contribution >= 4 is 5.91 Å². The third kappa shape index (κ3) is 4.76. The maximum Gasteiger partial charge on any atom is 0.267 e. The quantitative estimate of drug-likeness (QED) is 0.653. The van der Waals surface area contributed by atoms with Crippen LogP contribution in [0.5, 0.6) is 5.75 Å². The predicted molar refractivity (Wildman–Crippen MR) is 96.7 cm³/mol. The number of aromatic nitrogens is 3. The molecule has 0 aliphatic rings. The Balaban J connectivity index is 1.54. The third-order valence-corrected chi connectivity index (χ3v) is 3.55. The first-order valence-corrected chi connectivity index (χ1v) is 8.15. The van der Waals surface area contributed by atoms with Gasteiger partial charge >= 0.3 is 0 Å². The van der Waals surface area contributed by atoms with E-state index in [2.05, 4.69) is 15.4 Å². The van der Waals surface area contributed by atoms with E-state index in [1.165, 1.54) is 6.07 Å². The molecular formula is C19H18N4O3. The number of para-hydroxylation sites is 1. The van der Waals surface area contributed by atoms with Gasteiger partial charge in [0.1, 0.15) is 18.9 Å². The van der Waals surface area contributed by atoms with E-state index in [4.69, 9.17) is 4.74 Å². The molecule has 0 aliphatic heterocycles. The Hall–Kier alpha value is -3.48. The summed E-state index contributed by atoms with van der Waals surface area (Å²) in [7, 11) is 0. The topological polar surface area (TPSA) is 86.1 Å². The number of amides is 1. The summed E-state index contributed by atoms with van der Waals surface area (Å²) in [6, 6.07) is 16.0. The van der Waals surface area contributed by atoms with Crippen molar-refractivity contribution in [3.8, 4) is 17.0 Å². The van der Waals surface area contributed by atoms with Gasteiger partial charge in [0.2, 0.25) is 5.91 Å². The first-order valence-electron chi connectivity index (χ1n) is 8.15. The molecule has 0 saturated carbocycles. The summed E-state index contributed by atoms with van der Waals surface area (Å²) < 4.78 is 6.64. The summed E-state index contributed by atoms with van der Waals surface area (Å²) in [5.41, 5.74) is 1.02. The highest BCUT2D eigenvalue weighted by Crippen LogP contribution is 2.12. The highest BCUT2D eigenvalue weighted by atomic mass is 16.5. The first kappa shape index (κ1) is 17.3. The molecule has 132 valence electrons. The summed E-state index contributed by atoms with van der Waals surface area (Å²) in [6.45, 7) is 0.525. The Morgan fingerprint density at radius 2 is 1.92 bits per heavy atom. The molecule has 0 spiro atoms. The molecular weight excluding hydrogens is 332 g/mol. The minimum Gasteiger partial charge on any atom is -0.492 e. The molecule has 3 aromatic rings. The van der Waals surface area contributed by atoms with E-state index in [9.17, 15) is 9.59 Å². The standard InChI is InChI=1S/C19H18N4O3/c24-18(21-11-12-26-16-6-2-1-3-7-16)14-23-19(25)9-8-17(22-23)15-5-4-10-20-13-15/h1-10,13H,11-12,14H2,(H,21,24). The van der Waals surface area contributed by atoms with Crippen LogP contribution in [0.1, 0.15) is 0 Å². The lowest BCUT2D eigenvalue weighted by atomic mass is 10.2. The number of nitrogens with zero attached hydrogens (tertiary/aromatic N) is 3. The van der Waals surface area contributed by atoms with E-state index in [0.29, 0.717) is 18.8 Å². The van der Waals surface area contributed by atoms with Crippen LogP contribution in [0.3, 0.4) is 0 Å². The minimum atomic E-state index is -0.340. The molecule has 1 aromatic carbocycles. The van der Waals surface area contributed by atoms with Gasteiger partial charge in [-0.05, 0) is 30.3 Å². The van der Waals surface area contributed by atoms with Crippen LogP contribution in [0, 0.1) is 0 Å². The van der Waals surface area contributed by atoms with E-state index in [-0.39, 0.29) is 18.0 Å². The minimum absolute atomic E-state index is 0.154. The number of benzene rings is 1. The van der Waals surface area contributed by atoms with E-state index < -0.39 is 0 Å². The molecule has 0 bridgehead atoms. The van der Waals surface area contributed by atoms with E-state index in [1.54, 1.807) is 24.5 Å². The molecule has 7 nitrogen and oxygen atoms in total. The number of carbonyl (C=O) groups is 1. The Bertz CT molecular complexity index is 911. The Morgan fingerprint density at radius 3 is 2.69 bits per heavy atom. The Morgan fingerprint density at radius 1 is 1.08 bits per heavy atom. The highest BCUT2D eigenvalue weighted by molar-refractivity contribution is 5.75. The second kappa shape index (κ2) is 8.57. The van der Waals surface area contributed by atoms with E-state index in [0.717, 1.165) is 16.0 Å². The fraction of sp³-hybridized carbons (Fsp3) is 0.158. The maximum atomic E-state index is 12.0. The van der Waals surface area contributed by atoms with E-state index in [1.807, 2.05) is 36.4 Å². The summed E-state index contributed by atoms with van der Waals surface area (Å²) in [4.78, 5) is 28.0. The molecule has 0 saturated heterocycles. The lowest BCUT2D eigenvalue weighted by Crippen LogP contribution is -2.35. The normalized spacial score (nSPS) is 10.3. The molecule has 0 aliphatic carbocycles. The molecule has 0 fully saturated rings. The van der Waals surface area contributed by atoms with Gasteiger partial charge < -0.3 is 10.1 Å². The van der Waals surface area contributed by atoms with Crippen LogP contribution in [0.4, 0.5) is 0 Å². The second-order valence-electron chi connectivity index (χ2n) is 5.47. The largest absolute Gasteiger partial charge is 0.492 e. The van der Waals surface area contributed by atoms with Crippen LogP contribution in [0.2, 0.25) is 0 Å². The first-order chi connectivity index (χ1) is 12.7. The number of carbonyl (C=O) groups excluding carboxylic acids is 1. The monoisotopic (exact) mass is 350 g/mol. The third-order valence-electron chi connectivity index (χ3n) is 3.55. The van der Waals surface area contributed by atoms with Crippen molar-refractivity contribution in [3.05, 3.63) is 77.3 Å². The van der Waals surface area contributed by atoms with E-state index >= 15 is 0 Å². The Kier molecular flexibility index (Phi) is 5.72. The van der Waals surface area contributed by atoms with Crippen molar-refractivity contribution < 1.29 is 9.53 Å². The lowest BCUT2D eigenvalue weighted by Gasteiger charge is -2.09. The van der Waals surface area contributed by atoms with Gasteiger partial charge in [-0.3, -0.25) is 14.6 Å². The van der Waals surface area contributed by atoms with Crippen LogP contribution in [0.15, 0.2) is 71.8 Å². The van der Waals surface area contributed by atoms with Crippen molar-refractivity contribution in [3.63, 3.8) is 0 Å². The van der Waals surface area contributed by atoms with Gasteiger partial charge in [0.15, 0.2) is 0 Å². The summed E-state index contributed by atoms with van der Waals surface area (Å²) >= 11 is 0. The zero-order valence-electron chi connectivity index (χ0n) is 14.0. The van der Waals surface area contributed by atoms with Crippen LogP contribution in [0.25, 0.3) is 11.3 Å². The number of hydrogen-bond acceptors (Lipinski definition) is 5. The van der Waals surface area contributed by atoms with Crippen LogP contribution >= 0.6 is 0 Å². The van der Waals surface area contributed by atoms with Crippen LogP contribution in [-0.4, -0.2) is 33.8 Å². The van der Waals surface area contributed by atoms with Crippen LogP contribution < -0.4 is 15.6 Å². The van der Waals surface area contributed by atoms with Crippen LogP contribution in [-0.2, 0) is 11.3 Å². The molecule has 1 N–H and O–H groups in total. The molecule has 7 heteroatoms. The number of rotatable bonds is 7. The van der Waals surface area contributed by atoms with Crippen molar-refractivity contribution in [2.24, 2.45) is 0 Å². The average Bonchev–Trinajstić information content (AvgIpc) is 2.68. The SMILES string of the molecule is O=C(Cn1nc(-c2cccnc2)ccc1=O)NCCOc1ccccc1. The smallest absolute Gasteiger partial charge is 0.267 e. The van der Waals surface area contributed by atoms with Gasteiger partial charge in [-0.1, -0.05) is 18.2 Å². The average molecular weight is 350 g/mol. The fourth-order valence-corrected chi connectivity index (χ4v) is 2.30. The summed E-state index contributed by atoms with van der Waals surface area (Å²) in [5.74, 6) is 0.434. The zero-order chi connectivity index (χ0) is 18.2. The van der Waals surface area contributed by atoms with Gasteiger partial charge in [-0.25, -0.2) is 4.68 Å². The highest BCUT2D eigenvalue weighted by Gasteiger charge is 2.08. The lowest BCUT2D eigenvalue weighted by molar-refractivity contribution is -0.122. The summed E-state index contributed by atoms with van der Waals surface area (Å²) in [5, 5.41) is 6.94. The molecule has 0 unspecified atom stereocenters. The van der Waals surface area contributed by atoms with Crippen molar-refractivity contribution in [2.75, 3.05) is 13.2 Å². The van der Waals surface area contributed by atoms with Gasteiger partial charge in [-0.2, -0.15) is 5.10 Å². The number of hydrogen-bond donors (Lipinski definition) is 1. The molecule has 2 heterocycles. The van der Waals surface area contributed by atoms with Gasteiger partial charge in [0, 0.05) is 24.0 Å².